The topological polar surface area (TPSA) is 86.1 Å². The lowest BCUT2D eigenvalue weighted by Gasteiger charge is -2.30. The van der Waals surface area contributed by atoms with Gasteiger partial charge in [-0.1, -0.05) is 32.9 Å². The summed E-state index contributed by atoms with van der Waals surface area (Å²) in [4.78, 5) is 31.0. The van der Waals surface area contributed by atoms with Crippen LogP contribution in [0.5, 0.6) is 11.5 Å². The minimum atomic E-state index is -0.364. The number of methoxy groups -OCH3 is 2. The Hall–Kier alpha value is -3.50. The lowest BCUT2D eigenvalue weighted by molar-refractivity contribution is -0.134. The first kappa shape index (κ1) is 29.0. The molecule has 0 saturated carbocycles. The van der Waals surface area contributed by atoms with Gasteiger partial charge in [-0.3, -0.25) is 14.5 Å². The maximum atomic E-state index is 14.0. The Morgan fingerprint density at radius 1 is 1.10 bits per heavy atom. The van der Waals surface area contributed by atoms with Crippen molar-refractivity contribution in [3.8, 4) is 17.2 Å². The van der Waals surface area contributed by atoms with Crippen LogP contribution >= 0.6 is 11.8 Å². The molecule has 0 spiro atoms. The highest BCUT2D eigenvalue weighted by atomic mass is 32.2. The number of amides is 2. The van der Waals surface area contributed by atoms with Crippen molar-refractivity contribution in [3.05, 3.63) is 64.8 Å². The average molecular weight is 579 g/mol. The zero-order chi connectivity index (χ0) is 29.3. The number of morpholine rings is 1. The number of thioether (sulfide) groups is 1. The molecule has 0 N–H and O–H groups in total. The van der Waals surface area contributed by atoms with E-state index in [1.165, 1.54) is 11.8 Å². The van der Waals surface area contributed by atoms with Crippen molar-refractivity contribution in [2.24, 2.45) is 0 Å². The molecular formula is C31H38N4O5S. The van der Waals surface area contributed by atoms with Gasteiger partial charge in [0.2, 0.25) is 11.8 Å². The minimum Gasteiger partial charge on any atom is -0.497 e. The van der Waals surface area contributed by atoms with Gasteiger partial charge in [0.15, 0.2) is 0 Å². The van der Waals surface area contributed by atoms with E-state index in [0.717, 1.165) is 28.1 Å². The van der Waals surface area contributed by atoms with E-state index in [9.17, 15) is 9.59 Å². The average Bonchev–Trinajstić information content (AvgIpc) is 3.31. The predicted molar refractivity (Wildman–Crippen MR) is 161 cm³/mol. The van der Waals surface area contributed by atoms with E-state index < -0.39 is 0 Å². The van der Waals surface area contributed by atoms with Gasteiger partial charge in [-0.05, 0) is 42.8 Å². The fourth-order valence-electron chi connectivity index (χ4n) is 5.35. The second-order valence-electron chi connectivity index (χ2n) is 11.4. The molecule has 0 aliphatic carbocycles. The Kier molecular flexibility index (Phi) is 8.33. The highest BCUT2D eigenvalue weighted by Crippen LogP contribution is 2.51. The standard InChI is InChI=1S/C31H38N4O5S/c1-20-8-7-9-21(16-20)35-30-27(29(32-35)31(2,3)4)28(23-17-22(38-5)10-11-24(23)39-6)41-19-26(37)34(30)18-25(36)33-12-14-40-15-13-33/h7-11,16-17,28H,12-15,18-19H2,1-6H3/t28-/m0/s1. The van der Waals surface area contributed by atoms with E-state index in [-0.39, 0.29) is 34.8 Å². The van der Waals surface area contributed by atoms with E-state index in [1.807, 2.05) is 54.1 Å². The molecule has 1 fully saturated rings. The van der Waals surface area contributed by atoms with E-state index in [2.05, 4.69) is 20.8 Å². The quantitative estimate of drug-likeness (QED) is 0.425. The normalized spacial score (nSPS) is 17.7. The monoisotopic (exact) mass is 578 g/mol. The molecule has 1 saturated heterocycles. The zero-order valence-corrected chi connectivity index (χ0v) is 25.4. The molecule has 0 radical (unpaired) electrons. The van der Waals surface area contributed by atoms with Gasteiger partial charge in [0.1, 0.15) is 23.9 Å². The van der Waals surface area contributed by atoms with E-state index in [4.69, 9.17) is 19.3 Å². The Morgan fingerprint density at radius 3 is 2.51 bits per heavy atom. The molecule has 218 valence electrons. The van der Waals surface area contributed by atoms with Crippen LogP contribution in [0.2, 0.25) is 0 Å². The number of ether oxygens (including phenoxy) is 3. The lowest BCUT2D eigenvalue weighted by Crippen LogP contribution is -2.48. The number of fused-ring (bicyclic) bond motifs is 1. The van der Waals surface area contributed by atoms with Crippen molar-refractivity contribution >= 4 is 29.4 Å². The van der Waals surface area contributed by atoms with Gasteiger partial charge in [0, 0.05) is 29.6 Å². The van der Waals surface area contributed by atoms with Crippen LogP contribution < -0.4 is 14.4 Å². The van der Waals surface area contributed by atoms with Crippen molar-refractivity contribution in [1.82, 2.24) is 14.7 Å². The molecule has 3 aromatic rings. The third-order valence-corrected chi connectivity index (χ3v) is 8.66. The fourth-order valence-corrected chi connectivity index (χ4v) is 6.56. The number of aryl methyl sites for hydroxylation is 1. The number of carbonyl (C=O) groups excluding carboxylic acids is 2. The van der Waals surface area contributed by atoms with Gasteiger partial charge in [-0.25, -0.2) is 4.68 Å². The molecule has 41 heavy (non-hydrogen) atoms. The van der Waals surface area contributed by atoms with Crippen LogP contribution in [0.3, 0.4) is 0 Å². The van der Waals surface area contributed by atoms with Crippen LogP contribution in [0.4, 0.5) is 5.82 Å². The summed E-state index contributed by atoms with van der Waals surface area (Å²) >= 11 is 1.52. The second kappa shape index (κ2) is 11.8. The summed E-state index contributed by atoms with van der Waals surface area (Å²) in [6.07, 6.45) is 0. The summed E-state index contributed by atoms with van der Waals surface area (Å²) < 4.78 is 18.7. The molecule has 1 atom stereocenters. The summed E-state index contributed by atoms with van der Waals surface area (Å²) in [5.74, 6) is 1.95. The molecule has 1 aromatic heterocycles. The zero-order valence-electron chi connectivity index (χ0n) is 24.6. The molecule has 10 heteroatoms. The maximum Gasteiger partial charge on any atom is 0.242 e. The number of hydrogen-bond donors (Lipinski definition) is 0. The summed E-state index contributed by atoms with van der Waals surface area (Å²) in [7, 11) is 3.28. The van der Waals surface area contributed by atoms with E-state index in [0.29, 0.717) is 43.6 Å². The van der Waals surface area contributed by atoms with Gasteiger partial charge in [0.25, 0.3) is 0 Å². The molecule has 2 aromatic carbocycles. The Labute approximate surface area is 245 Å². The third kappa shape index (κ3) is 5.81. The number of carbonyl (C=O) groups is 2. The van der Waals surface area contributed by atoms with E-state index in [1.54, 1.807) is 24.0 Å². The Balaban J connectivity index is 1.77. The SMILES string of the molecule is COc1ccc(OC)c([C@@H]2SCC(=O)N(CC(=O)N3CCOCC3)c3c2c(C(C)(C)C)nn3-c2cccc(C)c2)c1. The van der Waals surface area contributed by atoms with Gasteiger partial charge in [0.05, 0.1) is 49.8 Å². The summed E-state index contributed by atoms with van der Waals surface area (Å²) in [6, 6.07) is 13.8. The molecule has 3 heterocycles. The molecular weight excluding hydrogens is 540 g/mol. The maximum absolute atomic E-state index is 14.0. The smallest absolute Gasteiger partial charge is 0.242 e. The first-order chi connectivity index (χ1) is 19.6. The van der Waals surface area contributed by atoms with Crippen molar-refractivity contribution in [2.45, 2.75) is 38.4 Å². The van der Waals surface area contributed by atoms with Crippen LogP contribution in [0, 0.1) is 6.92 Å². The summed E-state index contributed by atoms with van der Waals surface area (Å²) in [5, 5.41) is 4.89. The molecule has 5 rings (SSSR count). The van der Waals surface area contributed by atoms with Crippen LogP contribution in [0.1, 0.15) is 48.4 Å². The van der Waals surface area contributed by atoms with Crippen molar-refractivity contribution in [2.75, 3.05) is 57.7 Å². The molecule has 2 aliphatic rings. The van der Waals surface area contributed by atoms with Crippen molar-refractivity contribution in [3.63, 3.8) is 0 Å². The van der Waals surface area contributed by atoms with Gasteiger partial charge >= 0.3 is 0 Å². The number of benzene rings is 2. The van der Waals surface area contributed by atoms with E-state index >= 15 is 0 Å². The molecule has 9 nitrogen and oxygen atoms in total. The Bertz CT molecular complexity index is 1440. The number of anilines is 1. The summed E-state index contributed by atoms with van der Waals surface area (Å²) in [6.45, 7) is 10.3. The fraction of sp³-hybridized carbons (Fsp3) is 0.452. The molecule has 0 bridgehead atoms. The third-order valence-electron chi connectivity index (χ3n) is 7.42. The molecule has 0 unspecified atom stereocenters. The minimum absolute atomic E-state index is 0.0740. The number of rotatable bonds is 6. The number of aromatic nitrogens is 2. The summed E-state index contributed by atoms with van der Waals surface area (Å²) in [5.41, 5.74) is 4.18. The number of nitrogens with zero attached hydrogens (tertiary/aromatic N) is 4. The molecule has 2 aliphatic heterocycles. The van der Waals surface area contributed by atoms with Crippen LogP contribution in [-0.4, -0.2) is 79.3 Å². The van der Waals surface area contributed by atoms with Crippen molar-refractivity contribution < 1.29 is 23.8 Å². The number of hydrogen-bond acceptors (Lipinski definition) is 7. The lowest BCUT2D eigenvalue weighted by atomic mass is 9.87. The molecule has 2 amide bonds. The first-order valence-electron chi connectivity index (χ1n) is 13.8. The van der Waals surface area contributed by atoms with Gasteiger partial charge in [-0.15, -0.1) is 11.8 Å². The van der Waals surface area contributed by atoms with Crippen molar-refractivity contribution in [1.29, 1.82) is 0 Å². The van der Waals surface area contributed by atoms with Crippen LogP contribution in [0.15, 0.2) is 42.5 Å². The van der Waals surface area contributed by atoms with Crippen LogP contribution in [0.25, 0.3) is 5.69 Å². The largest absolute Gasteiger partial charge is 0.497 e. The predicted octanol–water partition coefficient (Wildman–Crippen LogP) is 4.52. The Morgan fingerprint density at radius 2 is 1.85 bits per heavy atom. The second-order valence-corrected chi connectivity index (χ2v) is 12.5. The highest BCUT2D eigenvalue weighted by molar-refractivity contribution is 8.00. The van der Waals surface area contributed by atoms with Crippen LogP contribution in [-0.2, 0) is 19.7 Å². The highest BCUT2D eigenvalue weighted by Gasteiger charge is 2.41. The van der Waals surface area contributed by atoms with Gasteiger partial charge in [-0.2, -0.15) is 5.10 Å². The van der Waals surface area contributed by atoms with Gasteiger partial charge < -0.3 is 19.1 Å². The first-order valence-corrected chi connectivity index (χ1v) is 14.9.